The van der Waals surface area contributed by atoms with Crippen molar-refractivity contribution in [3.05, 3.63) is 78.1 Å². The van der Waals surface area contributed by atoms with Gasteiger partial charge in [0.1, 0.15) is 11.6 Å². The molecule has 0 atom stereocenters. The van der Waals surface area contributed by atoms with Crippen LogP contribution in [0.25, 0.3) is 22.4 Å². The number of rotatable bonds is 6. The molecule has 1 amide bonds. The fourth-order valence-electron chi connectivity index (χ4n) is 3.28. The van der Waals surface area contributed by atoms with Gasteiger partial charge in [0.05, 0.1) is 21.5 Å². The third-order valence-electron chi connectivity index (χ3n) is 5.39. The molecule has 0 saturated carbocycles. The maximum Gasteiger partial charge on any atom is 0.258 e. The molecule has 0 spiro atoms. The predicted octanol–water partition coefficient (Wildman–Crippen LogP) is 4.65. The predicted molar refractivity (Wildman–Crippen MR) is 126 cm³/mol. The lowest BCUT2D eigenvalue weighted by atomic mass is 10.1. The second-order valence-corrected chi connectivity index (χ2v) is 9.89. The highest BCUT2D eigenvalue weighted by atomic mass is 32.2. The second kappa shape index (κ2) is 8.76. The molecular weight excluding hydrogens is 443 g/mol. The van der Waals surface area contributed by atoms with Crippen molar-refractivity contribution >= 4 is 32.7 Å². The van der Waals surface area contributed by atoms with Crippen molar-refractivity contribution in [3.8, 4) is 11.4 Å². The normalized spacial score (nSPS) is 11.9. The van der Waals surface area contributed by atoms with Gasteiger partial charge in [-0.05, 0) is 68.4 Å². The highest BCUT2D eigenvalue weighted by Gasteiger charge is 2.25. The number of imidazole rings is 1. The SMILES string of the molecule is CC(C)N(C)S(=O)(=O)c1ccc(F)c(C(=O)Nc2ccc(-c3nc4ccccc4[nH]3)cc2)c1. The summed E-state index contributed by atoms with van der Waals surface area (Å²) in [4.78, 5) is 20.3. The average Bonchev–Trinajstić information content (AvgIpc) is 3.23. The number of H-pyrrole nitrogens is 1. The molecule has 1 aromatic heterocycles. The van der Waals surface area contributed by atoms with Gasteiger partial charge in [0, 0.05) is 24.3 Å². The number of fused-ring (bicyclic) bond motifs is 1. The van der Waals surface area contributed by atoms with Gasteiger partial charge in [-0.1, -0.05) is 12.1 Å². The Kier molecular flexibility index (Phi) is 6.01. The van der Waals surface area contributed by atoms with Gasteiger partial charge in [-0.3, -0.25) is 4.79 Å². The summed E-state index contributed by atoms with van der Waals surface area (Å²) in [5.74, 6) is -0.863. The van der Waals surface area contributed by atoms with Crippen LogP contribution in [0.5, 0.6) is 0 Å². The van der Waals surface area contributed by atoms with Crippen molar-refractivity contribution in [2.45, 2.75) is 24.8 Å². The fourth-order valence-corrected chi connectivity index (χ4v) is 4.68. The van der Waals surface area contributed by atoms with Gasteiger partial charge in [0.25, 0.3) is 5.91 Å². The molecule has 0 fully saturated rings. The summed E-state index contributed by atoms with van der Waals surface area (Å²) in [5, 5.41) is 2.62. The number of anilines is 1. The van der Waals surface area contributed by atoms with Crippen LogP contribution in [0.4, 0.5) is 10.1 Å². The summed E-state index contributed by atoms with van der Waals surface area (Å²) < 4.78 is 41.0. The number of carbonyl (C=O) groups excluding carboxylic acids is 1. The molecule has 0 unspecified atom stereocenters. The topological polar surface area (TPSA) is 95.2 Å². The van der Waals surface area contributed by atoms with Crippen molar-refractivity contribution in [2.24, 2.45) is 0 Å². The van der Waals surface area contributed by atoms with Crippen LogP contribution < -0.4 is 5.32 Å². The first-order chi connectivity index (χ1) is 15.7. The van der Waals surface area contributed by atoms with E-state index in [2.05, 4.69) is 15.3 Å². The fraction of sp³-hybridized carbons (Fsp3) is 0.167. The number of amides is 1. The van der Waals surface area contributed by atoms with Crippen LogP contribution >= 0.6 is 0 Å². The highest BCUT2D eigenvalue weighted by molar-refractivity contribution is 7.89. The number of sulfonamides is 1. The standard InChI is InChI=1S/C24H23FN4O3S/c1-15(2)29(3)33(31,32)18-12-13-20(25)19(14-18)24(30)26-17-10-8-16(9-11-17)23-27-21-6-4-5-7-22(21)28-23/h4-15H,1-3H3,(H,26,30)(H,27,28). The molecular formula is C24H23FN4O3S. The second-order valence-electron chi connectivity index (χ2n) is 7.89. The lowest BCUT2D eigenvalue weighted by molar-refractivity contribution is 0.102. The molecule has 9 heteroatoms. The monoisotopic (exact) mass is 466 g/mol. The number of nitrogens with one attached hydrogen (secondary N) is 2. The molecule has 0 radical (unpaired) electrons. The van der Waals surface area contributed by atoms with Crippen molar-refractivity contribution in [1.82, 2.24) is 14.3 Å². The Hall–Kier alpha value is -3.56. The Morgan fingerprint density at radius 3 is 2.42 bits per heavy atom. The summed E-state index contributed by atoms with van der Waals surface area (Å²) >= 11 is 0. The minimum absolute atomic E-state index is 0.148. The van der Waals surface area contributed by atoms with Crippen molar-refractivity contribution in [2.75, 3.05) is 12.4 Å². The van der Waals surface area contributed by atoms with E-state index in [1.807, 2.05) is 24.3 Å². The van der Waals surface area contributed by atoms with E-state index in [0.29, 0.717) is 11.5 Å². The van der Waals surface area contributed by atoms with Crippen LogP contribution in [0.1, 0.15) is 24.2 Å². The molecule has 0 aliphatic heterocycles. The van der Waals surface area contributed by atoms with E-state index in [0.717, 1.165) is 34.8 Å². The molecule has 33 heavy (non-hydrogen) atoms. The van der Waals surface area contributed by atoms with E-state index in [-0.39, 0.29) is 16.5 Å². The quantitative estimate of drug-likeness (QED) is 0.432. The van der Waals surface area contributed by atoms with Crippen molar-refractivity contribution in [1.29, 1.82) is 0 Å². The number of aromatic amines is 1. The van der Waals surface area contributed by atoms with Crippen LogP contribution in [-0.2, 0) is 10.0 Å². The van der Waals surface area contributed by atoms with Crippen molar-refractivity contribution in [3.63, 3.8) is 0 Å². The molecule has 170 valence electrons. The summed E-state index contributed by atoms with van der Waals surface area (Å²) in [7, 11) is -2.42. The van der Waals surface area contributed by atoms with Crippen LogP contribution in [0.3, 0.4) is 0 Å². The molecule has 0 aliphatic carbocycles. The third kappa shape index (κ3) is 4.50. The molecule has 3 aromatic carbocycles. The van der Waals surface area contributed by atoms with E-state index in [1.54, 1.807) is 38.1 Å². The number of nitrogens with zero attached hydrogens (tertiary/aromatic N) is 2. The minimum Gasteiger partial charge on any atom is -0.338 e. The van der Waals surface area contributed by atoms with Crippen molar-refractivity contribution < 1.29 is 17.6 Å². The first kappa shape index (κ1) is 22.6. The Balaban J connectivity index is 1.56. The molecule has 4 aromatic rings. The number of para-hydroxylation sites is 2. The largest absolute Gasteiger partial charge is 0.338 e. The maximum absolute atomic E-state index is 14.4. The minimum atomic E-state index is -3.86. The van der Waals surface area contributed by atoms with E-state index in [1.165, 1.54) is 11.4 Å². The lowest BCUT2D eigenvalue weighted by Gasteiger charge is -2.21. The molecule has 7 nitrogen and oxygen atoms in total. The van der Waals surface area contributed by atoms with E-state index in [9.17, 15) is 17.6 Å². The van der Waals surface area contributed by atoms with Crippen LogP contribution in [0.15, 0.2) is 71.6 Å². The summed E-state index contributed by atoms with van der Waals surface area (Å²) in [6.45, 7) is 3.45. The number of benzene rings is 3. The summed E-state index contributed by atoms with van der Waals surface area (Å²) in [6.07, 6.45) is 0. The third-order valence-corrected chi connectivity index (χ3v) is 7.42. The van der Waals surface area contributed by atoms with Gasteiger partial charge < -0.3 is 10.3 Å². The number of halogens is 1. The van der Waals surface area contributed by atoms with Gasteiger partial charge in [0.15, 0.2) is 0 Å². The van der Waals surface area contributed by atoms with Gasteiger partial charge in [-0.25, -0.2) is 17.8 Å². The van der Waals surface area contributed by atoms with Gasteiger partial charge in [0.2, 0.25) is 10.0 Å². The molecule has 0 bridgehead atoms. The first-order valence-corrected chi connectivity index (χ1v) is 11.7. The van der Waals surface area contributed by atoms with Gasteiger partial charge in [-0.15, -0.1) is 0 Å². The zero-order chi connectivity index (χ0) is 23.8. The van der Waals surface area contributed by atoms with Gasteiger partial charge in [-0.2, -0.15) is 4.31 Å². The molecule has 2 N–H and O–H groups in total. The zero-order valence-corrected chi connectivity index (χ0v) is 19.2. The van der Waals surface area contributed by atoms with Crippen LogP contribution in [0, 0.1) is 5.82 Å². The molecule has 1 heterocycles. The van der Waals surface area contributed by atoms with Crippen LogP contribution in [-0.4, -0.2) is 41.7 Å². The van der Waals surface area contributed by atoms with E-state index in [4.69, 9.17) is 0 Å². The lowest BCUT2D eigenvalue weighted by Crippen LogP contribution is -2.33. The van der Waals surface area contributed by atoms with Gasteiger partial charge >= 0.3 is 0 Å². The number of hydrogen-bond acceptors (Lipinski definition) is 4. The molecule has 0 aliphatic rings. The van der Waals surface area contributed by atoms with Crippen LogP contribution in [0.2, 0.25) is 0 Å². The number of hydrogen-bond donors (Lipinski definition) is 2. The Morgan fingerprint density at radius 1 is 1.06 bits per heavy atom. The zero-order valence-electron chi connectivity index (χ0n) is 18.3. The highest BCUT2D eigenvalue weighted by Crippen LogP contribution is 2.24. The maximum atomic E-state index is 14.4. The smallest absolute Gasteiger partial charge is 0.258 e. The molecule has 0 saturated heterocycles. The Labute approximate surface area is 191 Å². The van der Waals surface area contributed by atoms with E-state index >= 15 is 0 Å². The molecule has 4 rings (SSSR count). The Morgan fingerprint density at radius 2 is 1.76 bits per heavy atom. The first-order valence-electron chi connectivity index (χ1n) is 10.3. The summed E-state index contributed by atoms with van der Waals surface area (Å²) in [5.41, 5.74) is 2.67. The summed E-state index contributed by atoms with van der Waals surface area (Å²) in [6, 6.07) is 17.5. The average molecular weight is 467 g/mol. The Bertz CT molecular complexity index is 1400. The van der Waals surface area contributed by atoms with E-state index < -0.39 is 21.7 Å². The number of carbonyl (C=O) groups is 1. The number of aromatic nitrogens is 2.